The molecule has 268 valence electrons. The van der Waals surface area contributed by atoms with Gasteiger partial charge in [-0.15, -0.1) is 0 Å². The van der Waals surface area contributed by atoms with E-state index in [1.807, 2.05) is 12.1 Å². The Morgan fingerprint density at radius 2 is 0.816 bits per heavy atom. The quantitative estimate of drug-likeness (QED) is 0.0697. The van der Waals surface area contributed by atoms with Crippen LogP contribution in [0.5, 0.6) is 0 Å². The summed E-state index contributed by atoms with van der Waals surface area (Å²) in [6, 6.07) is 30.5. The molecule has 4 aromatic carbocycles. The van der Waals surface area contributed by atoms with Gasteiger partial charge in [-0.2, -0.15) is 0 Å². The van der Waals surface area contributed by atoms with Crippen molar-refractivity contribution < 1.29 is 38.1 Å². The van der Waals surface area contributed by atoms with Gasteiger partial charge in [-0.05, 0) is 19.1 Å². The van der Waals surface area contributed by atoms with Crippen LogP contribution in [-0.4, -0.2) is 62.6 Å². The summed E-state index contributed by atoms with van der Waals surface area (Å²) in [5.74, 6) is -1.74. The Labute approximate surface area is 294 Å². The summed E-state index contributed by atoms with van der Waals surface area (Å²) >= 11 is 0. The van der Waals surface area contributed by atoms with Crippen LogP contribution < -0.4 is 0 Å². The first-order chi connectivity index (χ1) is 21.0. The van der Waals surface area contributed by atoms with Crippen LogP contribution in [0.4, 0.5) is 0 Å². The fourth-order valence-electron chi connectivity index (χ4n) is 4.24. The third-order valence-corrected chi connectivity index (χ3v) is 6.39. The number of rotatable bonds is 15. The van der Waals surface area contributed by atoms with E-state index in [-0.39, 0.29) is 118 Å². The highest BCUT2D eigenvalue weighted by molar-refractivity contribution is 6.15. The Kier molecular flexibility index (Phi) is 24.9. The van der Waals surface area contributed by atoms with Crippen molar-refractivity contribution in [2.75, 3.05) is 33.0 Å². The summed E-state index contributed by atoms with van der Waals surface area (Å²) in [4.78, 5) is 51.0. The number of benzene rings is 4. The molecule has 0 aliphatic heterocycles. The van der Waals surface area contributed by atoms with Gasteiger partial charge in [0.25, 0.3) is 0 Å². The number of carbonyl (C=O) groups excluding carboxylic acids is 4. The highest BCUT2D eigenvalue weighted by Gasteiger charge is 2.20. The van der Waals surface area contributed by atoms with Crippen molar-refractivity contribution in [2.24, 2.45) is 0 Å². The summed E-state index contributed by atoms with van der Waals surface area (Å²) in [5.41, 5.74) is 1.89. The molecule has 0 bridgehead atoms. The zero-order valence-corrected chi connectivity index (χ0v) is 23.8. The van der Waals surface area contributed by atoms with E-state index in [4.69, 9.17) is 18.9 Å². The van der Waals surface area contributed by atoms with Gasteiger partial charge in [-0.3, -0.25) is 9.59 Å². The molecule has 0 saturated heterocycles. The number of hydrogen-bond donors (Lipinski definition) is 0. The molecule has 0 radical (unpaired) electrons. The van der Waals surface area contributed by atoms with Gasteiger partial charge in [0.2, 0.25) is 0 Å². The summed E-state index contributed by atoms with van der Waals surface area (Å²) in [5, 5.41) is 0. The van der Waals surface area contributed by atoms with Gasteiger partial charge in [0.1, 0.15) is 13.2 Å². The maximum Gasteiger partial charge on any atom is 0.338 e. The van der Waals surface area contributed by atoms with Crippen molar-refractivity contribution >= 4 is 23.5 Å². The van der Waals surface area contributed by atoms with Crippen LogP contribution in [0, 0.1) is 0 Å². The molecule has 0 heterocycles. The van der Waals surface area contributed by atoms with Gasteiger partial charge in [0.05, 0.1) is 37.1 Å². The van der Waals surface area contributed by atoms with Crippen molar-refractivity contribution in [3.05, 3.63) is 143 Å². The minimum atomic E-state index is -0.610. The number of carbonyl (C=O) groups is 4. The summed E-state index contributed by atoms with van der Waals surface area (Å²) in [6.45, 7) is 2.28. The van der Waals surface area contributed by atoms with E-state index in [1.54, 1.807) is 104 Å². The lowest BCUT2D eigenvalue weighted by Gasteiger charge is -2.14. The number of ether oxygens (including phenoxy) is 4. The van der Waals surface area contributed by atoms with E-state index < -0.39 is 11.9 Å². The molecule has 8 heteroatoms. The highest BCUT2D eigenvalue weighted by atomic mass is 16.6. The lowest BCUT2D eigenvalue weighted by Crippen LogP contribution is -2.22. The minimum Gasteiger partial charge on any atom is -0.460 e. The molecule has 4 rings (SSSR count). The van der Waals surface area contributed by atoms with Gasteiger partial charge in [0, 0.05) is 22.3 Å². The third-order valence-electron chi connectivity index (χ3n) is 6.39. The standard InChI is InChI=1S/C35H32O8.6CH4/c1-25(41-22-23-43-35(39)31-19-11-9-17-29(31)33(37)27-14-6-3-7-15-27)24-40-20-21-42-34(38)30-18-10-8-16-28(30)32(36)26-12-4-2-5-13-26;;;;;;/h2-19,25H,20-24H2,1H3;6*1H4. The minimum absolute atomic E-state index is 0. The van der Waals surface area contributed by atoms with E-state index in [2.05, 4.69) is 0 Å². The Balaban J connectivity index is -0.00000353. The monoisotopic (exact) mass is 676 g/mol. The summed E-state index contributed by atoms with van der Waals surface area (Å²) < 4.78 is 21.8. The first-order valence-corrected chi connectivity index (χ1v) is 13.9. The van der Waals surface area contributed by atoms with Crippen LogP contribution in [0.2, 0.25) is 0 Å². The third kappa shape index (κ3) is 14.0. The van der Waals surface area contributed by atoms with Gasteiger partial charge >= 0.3 is 11.9 Å². The van der Waals surface area contributed by atoms with Crippen molar-refractivity contribution in [1.29, 1.82) is 0 Å². The van der Waals surface area contributed by atoms with Gasteiger partial charge < -0.3 is 18.9 Å². The van der Waals surface area contributed by atoms with E-state index in [0.29, 0.717) is 11.1 Å². The smallest absolute Gasteiger partial charge is 0.338 e. The fraction of sp³-hybridized carbons (Fsp3) is 0.317. The Morgan fingerprint density at radius 1 is 0.469 bits per heavy atom. The van der Waals surface area contributed by atoms with Crippen molar-refractivity contribution in [1.82, 2.24) is 0 Å². The van der Waals surface area contributed by atoms with Crippen LogP contribution >= 0.6 is 0 Å². The van der Waals surface area contributed by atoms with E-state index in [1.165, 1.54) is 0 Å². The predicted molar refractivity (Wildman–Crippen MR) is 200 cm³/mol. The molecular formula is C41H56O8. The topological polar surface area (TPSA) is 105 Å². The SMILES string of the molecule is C.C.C.C.C.C.CC(COCCOC(=O)c1ccccc1C(=O)c1ccccc1)OCCOC(=O)c1ccccc1C(=O)c1ccccc1. The largest absolute Gasteiger partial charge is 0.460 e. The second-order valence-electron chi connectivity index (χ2n) is 9.51. The zero-order valence-electron chi connectivity index (χ0n) is 23.8. The molecule has 0 spiro atoms. The van der Waals surface area contributed by atoms with E-state index >= 15 is 0 Å². The number of hydrogen-bond acceptors (Lipinski definition) is 8. The van der Waals surface area contributed by atoms with Crippen LogP contribution in [0.25, 0.3) is 0 Å². The Morgan fingerprint density at radius 3 is 1.22 bits per heavy atom. The predicted octanol–water partition coefficient (Wildman–Crippen LogP) is 9.40. The fourth-order valence-corrected chi connectivity index (χ4v) is 4.24. The molecule has 0 aliphatic rings. The molecular weight excluding hydrogens is 620 g/mol. The Bertz CT molecular complexity index is 1530. The molecule has 0 fully saturated rings. The van der Waals surface area contributed by atoms with Crippen molar-refractivity contribution in [2.45, 2.75) is 57.6 Å². The van der Waals surface area contributed by atoms with Crippen LogP contribution in [0.15, 0.2) is 109 Å². The lowest BCUT2D eigenvalue weighted by molar-refractivity contribution is -0.0324. The second kappa shape index (κ2) is 25.1. The van der Waals surface area contributed by atoms with E-state index in [0.717, 1.165) is 0 Å². The Hall–Kier alpha value is -4.92. The van der Waals surface area contributed by atoms with Gasteiger partial charge in [-0.1, -0.05) is 142 Å². The van der Waals surface area contributed by atoms with Gasteiger partial charge in [-0.25, -0.2) is 9.59 Å². The maximum atomic E-state index is 12.9. The maximum absolute atomic E-state index is 12.9. The van der Waals surface area contributed by atoms with Crippen LogP contribution in [0.1, 0.15) is 104 Å². The van der Waals surface area contributed by atoms with Crippen molar-refractivity contribution in [3.8, 4) is 0 Å². The number of esters is 2. The average Bonchev–Trinajstić information content (AvgIpc) is 3.06. The average molecular weight is 677 g/mol. The zero-order chi connectivity index (χ0) is 30.4. The molecule has 0 saturated carbocycles. The molecule has 0 N–H and O–H groups in total. The molecule has 0 aliphatic carbocycles. The van der Waals surface area contributed by atoms with E-state index in [9.17, 15) is 19.2 Å². The second-order valence-corrected chi connectivity index (χ2v) is 9.51. The van der Waals surface area contributed by atoms with Gasteiger partial charge in [0.15, 0.2) is 11.6 Å². The van der Waals surface area contributed by atoms with Crippen LogP contribution in [-0.2, 0) is 18.9 Å². The van der Waals surface area contributed by atoms with Crippen LogP contribution in [0.3, 0.4) is 0 Å². The first kappa shape index (κ1) is 48.5. The molecule has 49 heavy (non-hydrogen) atoms. The first-order valence-electron chi connectivity index (χ1n) is 13.9. The molecule has 1 unspecified atom stereocenters. The molecule has 1 atom stereocenters. The molecule has 4 aromatic rings. The number of ketones is 2. The van der Waals surface area contributed by atoms with Crippen molar-refractivity contribution in [3.63, 3.8) is 0 Å². The summed E-state index contributed by atoms with van der Waals surface area (Å²) in [7, 11) is 0. The normalized spacial score (nSPS) is 9.98. The molecule has 0 amide bonds. The highest BCUT2D eigenvalue weighted by Crippen LogP contribution is 2.17. The molecule has 8 nitrogen and oxygen atoms in total. The lowest BCUT2D eigenvalue weighted by atomic mass is 9.98. The molecule has 0 aromatic heterocycles. The summed E-state index contributed by atoms with van der Waals surface area (Å²) in [6.07, 6.45) is -0.314.